The highest BCUT2D eigenvalue weighted by molar-refractivity contribution is 9.10. The molecule has 110 valence electrons. The van der Waals surface area contributed by atoms with Crippen molar-refractivity contribution in [1.82, 2.24) is 4.90 Å². The number of nitrogen functional groups attached to an aromatic ring is 1. The van der Waals surface area contributed by atoms with Gasteiger partial charge in [-0.15, -0.1) is 0 Å². The number of hydrogen-bond acceptors (Lipinski definition) is 2. The molecular weight excluding hydrogens is 352 g/mol. The van der Waals surface area contributed by atoms with Gasteiger partial charge < -0.3 is 10.6 Å². The summed E-state index contributed by atoms with van der Waals surface area (Å²) < 4.78 is 0.723. The molecule has 0 saturated carbocycles. The number of hydrogen-bond donors (Lipinski definition) is 1. The molecule has 0 aromatic heterocycles. The van der Waals surface area contributed by atoms with Crippen LogP contribution in [-0.4, -0.2) is 17.9 Å². The average molecular weight is 368 g/mol. The molecule has 2 aromatic rings. The second-order valence-electron chi connectivity index (χ2n) is 4.88. The van der Waals surface area contributed by atoms with Crippen LogP contribution in [0.2, 0.25) is 5.02 Å². The van der Waals surface area contributed by atoms with E-state index in [1.807, 2.05) is 31.2 Å². The summed E-state index contributed by atoms with van der Waals surface area (Å²) in [5.74, 6) is -0.0573. The Morgan fingerprint density at radius 1 is 1.24 bits per heavy atom. The molecular formula is C16H16BrClN2O. The lowest BCUT2D eigenvalue weighted by Crippen LogP contribution is -2.29. The summed E-state index contributed by atoms with van der Waals surface area (Å²) in [6.45, 7) is 1.98. The molecule has 0 aliphatic carbocycles. The van der Waals surface area contributed by atoms with Gasteiger partial charge in [-0.2, -0.15) is 0 Å². The van der Waals surface area contributed by atoms with Crippen molar-refractivity contribution in [2.24, 2.45) is 0 Å². The van der Waals surface area contributed by atoms with Crippen molar-refractivity contribution in [1.29, 1.82) is 0 Å². The van der Waals surface area contributed by atoms with Crippen LogP contribution in [0, 0.1) is 0 Å². The molecule has 0 spiro atoms. The van der Waals surface area contributed by atoms with Gasteiger partial charge in [-0.3, -0.25) is 4.79 Å². The largest absolute Gasteiger partial charge is 0.398 e. The Kier molecular flexibility index (Phi) is 4.91. The van der Waals surface area contributed by atoms with Crippen LogP contribution in [0.4, 0.5) is 5.69 Å². The minimum absolute atomic E-state index is 0.0499. The first kappa shape index (κ1) is 15.9. The minimum Gasteiger partial charge on any atom is -0.398 e. The fraction of sp³-hybridized carbons (Fsp3) is 0.188. The van der Waals surface area contributed by atoms with E-state index in [0.29, 0.717) is 16.3 Å². The van der Waals surface area contributed by atoms with Crippen LogP contribution in [-0.2, 0) is 0 Å². The average Bonchev–Trinajstić information content (AvgIpc) is 2.48. The monoisotopic (exact) mass is 366 g/mol. The molecule has 3 nitrogen and oxygen atoms in total. The number of anilines is 1. The zero-order chi connectivity index (χ0) is 15.6. The summed E-state index contributed by atoms with van der Waals surface area (Å²) >= 11 is 9.23. The van der Waals surface area contributed by atoms with Crippen LogP contribution in [0.3, 0.4) is 0 Å². The van der Waals surface area contributed by atoms with E-state index in [9.17, 15) is 4.79 Å². The van der Waals surface area contributed by atoms with E-state index < -0.39 is 0 Å². The van der Waals surface area contributed by atoms with E-state index in [4.69, 9.17) is 17.3 Å². The lowest BCUT2D eigenvalue weighted by molar-refractivity contribution is 0.0742. The fourth-order valence-electron chi connectivity index (χ4n) is 2.00. The van der Waals surface area contributed by atoms with Gasteiger partial charge in [0.25, 0.3) is 5.91 Å². The third kappa shape index (κ3) is 3.57. The van der Waals surface area contributed by atoms with Gasteiger partial charge in [0.1, 0.15) is 0 Å². The van der Waals surface area contributed by atoms with Gasteiger partial charge in [0.15, 0.2) is 0 Å². The molecule has 0 radical (unpaired) electrons. The van der Waals surface area contributed by atoms with Gasteiger partial charge in [-0.05, 0) is 58.7 Å². The van der Waals surface area contributed by atoms with Gasteiger partial charge in [0.2, 0.25) is 0 Å². The summed E-state index contributed by atoms with van der Waals surface area (Å²) in [6.07, 6.45) is 0. The Hall–Kier alpha value is -1.52. The Morgan fingerprint density at radius 2 is 1.86 bits per heavy atom. The standard InChI is InChI=1S/C16H16BrClN2O/c1-10(11-3-6-13(18)7-4-11)20(2)16(21)12-5-8-15(19)14(17)9-12/h3-10H,19H2,1-2H3. The summed E-state index contributed by atoms with van der Waals surface area (Å²) in [7, 11) is 1.78. The molecule has 0 heterocycles. The molecule has 2 rings (SSSR count). The fourth-order valence-corrected chi connectivity index (χ4v) is 2.51. The number of halogens is 2. The molecule has 21 heavy (non-hydrogen) atoms. The van der Waals surface area contributed by atoms with Gasteiger partial charge in [0, 0.05) is 27.8 Å². The number of nitrogens with zero attached hydrogens (tertiary/aromatic N) is 1. The van der Waals surface area contributed by atoms with Crippen molar-refractivity contribution in [3.63, 3.8) is 0 Å². The van der Waals surface area contributed by atoms with Crippen LogP contribution < -0.4 is 5.73 Å². The highest BCUT2D eigenvalue weighted by Gasteiger charge is 2.19. The van der Waals surface area contributed by atoms with Gasteiger partial charge in [-0.1, -0.05) is 23.7 Å². The molecule has 1 atom stereocenters. The first-order valence-electron chi connectivity index (χ1n) is 6.48. The van der Waals surface area contributed by atoms with Crippen molar-refractivity contribution in [3.05, 3.63) is 63.1 Å². The first-order valence-corrected chi connectivity index (χ1v) is 7.65. The maximum atomic E-state index is 12.5. The van der Waals surface area contributed by atoms with E-state index in [1.165, 1.54) is 0 Å². The molecule has 5 heteroatoms. The quantitative estimate of drug-likeness (QED) is 0.811. The summed E-state index contributed by atoms with van der Waals surface area (Å²) in [5, 5.41) is 0.683. The van der Waals surface area contributed by atoms with Crippen LogP contribution >= 0.6 is 27.5 Å². The molecule has 1 amide bonds. The zero-order valence-electron chi connectivity index (χ0n) is 11.8. The predicted molar refractivity (Wildman–Crippen MR) is 90.5 cm³/mol. The minimum atomic E-state index is -0.0573. The number of benzene rings is 2. The maximum Gasteiger partial charge on any atom is 0.254 e. The molecule has 0 aliphatic heterocycles. The third-order valence-electron chi connectivity index (χ3n) is 3.50. The van der Waals surface area contributed by atoms with Crippen LogP contribution in [0.5, 0.6) is 0 Å². The van der Waals surface area contributed by atoms with Crippen molar-refractivity contribution in [3.8, 4) is 0 Å². The first-order chi connectivity index (χ1) is 9.90. The SMILES string of the molecule is CC(c1ccc(Cl)cc1)N(C)C(=O)c1ccc(N)c(Br)c1. The topological polar surface area (TPSA) is 46.3 Å². The van der Waals surface area contributed by atoms with Gasteiger partial charge in [-0.25, -0.2) is 0 Å². The van der Waals surface area contributed by atoms with Crippen molar-refractivity contribution in [2.45, 2.75) is 13.0 Å². The summed E-state index contributed by atoms with van der Waals surface area (Å²) in [4.78, 5) is 14.2. The van der Waals surface area contributed by atoms with Crippen molar-refractivity contribution < 1.29 is 4.79 Å². The Bertz CT molecular complexity index is 658. The van der Waals surface area contributed by atoms with Gasteiger partial charge in [0.05, 0.1) is 6.04 Å². The number of amides is 1. The third-order valence-corrected chi connectivity index (χ3v) is 4.44. The Labute approximate surface area is 137 Å². The van der Waals surface area contributed by atoms with E-state index in [1.54, 1.807) is 30.1 Å². The molecule has 0 saturated heterocycles. The molecule has 2 N–H and O–H groups in total. The normalized spacial score (nSPS) is 12.0. The highest BCUT2D eigenvalue weighted by atomic mass is 79.9. The lowest BCUT2D eigenvalue weighted by atomic mass is 10.1. The van der Waals surface area contributed by atoms with Crippen LogP contribution in [0.25, 0.3) is 0 Å². The van der Waals surface area contributed by atoms with E-state index >= 15 is 0 Å². The Morgan fingerprint density at radius 3 is 2.43 bits per heavy atom. The highest BCUT2D eigenvalue weighted by Crippen LogP contribution is 2.25. The molecule has 2 aromatic carbocycles. The molecule has 0 fully saturated rings. The molecule has 0 aliphatic rings. The van der Waals surface area contributed by atoms with Crippen molar-refractivity contribution in [2.75, 3.05) is 12.8 Å². The Balaban J connectivity index is 2.21. The number of carbonyl (C=O) groups excluding carboxylic acids is 1. The number of nitrogens with two attached hydrogens (primary N) is 1. The smallest absolute Gasteiger partial charge is 0.254 e. The van der Waals surface area contributed by atoms with E-state index in [-0.39, 0.29) is 11.9 Å². The summed E-state index contributed by atoms with van der Waals surface area (Å²) in [5.41, 5.74) is 7.99. The van der Waals surface area contributed by atoms with Crippen molar-refractivity contribution >= 4 is 39.1 Å². The van der Waals surface area contributed by atoms with Gasteiger partial charge >= 0.3 is 0 Å². The molecule has 0 bridgehead atoms. The zero-order valence-corrected chi connectivity index (χ0v) is 14.1. The van der Waals surface area contributed by atoms with Crippen LogP contribution in [0.1, 0.15) is 28.9 Å². The second-order valence-corrected chi connectivity index (χ2v) is 6.17. The van der Waals surface area contributed by atoms with E-state index in [0.717, 1.165) is 10.0 Å². The number of rotatable bonds is 3. The predicted octanol–water partition coefficient (Wildman–Crippen LogP) is 4.52. The second kappa shape index (κ2) is 6.50. The summed E-state index contributed by atoms with van der Waals surface area (Å²) in [6, 6.07) is 12.6. The molecule has 1 unspecified atom stereocenters. The maximum absolute atomic E-state index is 12.5. The van der Waals surface area contributed by atoms with Crippen LogP contribution in [0.15, 0.2) is 46.9 Å². The number of carbonyl (C=O) groups is 1. The van der Waals surface area contributed by atoms with E-state index in [2.05, 4.69) is 15.9 Å². The lowest BCUT2D eigenvalue weighted by Gasteiger charge is -2.25.